The van der Waals surface area contributed by atoms with Crippen LogP contribution < -0.4 is 5.56 Å². The lowest BCUT2D eigenvalue weighted by molar-refractivity contribution is 0.211. The van der Waals surface area contributed by atoms with Crippen LogP contribution in [0.2, 0.25) is 0 Å². The minimum atomic E-state index is -0.0118. The SMILES string of the molecule is Cn1nc2c(c1CN1CCCC1Cn1ncccc1=O)CCCC2. The molecule has 2 aromatic heterocycles. The molecule has 1 atom stereocenters. The monoisotopic (exact) mass is 327 g/mol. The van der Waals surface area contributed by atoms with Crippen LogP contribution in [0.25, 0.3) is 0 Å². The molecule has 2 aromatic rings. The zero-order chi connectivity index (χ0) is 16.5. The highest BCUT2D eigenvalue weighted by atomic mass is 16.1. The van der Waals surface area contributed by atoms with E-state index in [0.717, 1.165) is 32.4 Å². The fraction of sp³-hybridized carbons (Fsp3) is 0.611. The Bertz CT molecular complexity index is 778. The van der Waals surface area contributed by atoms with E-state index in [2.05, 4.69) is 21.7 Å². The summed E-state index contributed by atoms with van der Waals surface area (Å²) < 4.78 is 3.68. The van der Waals surface area contributed by atoms with Crippen molar-refractivity contribution in [1.29, 1.82) is 0 Å². The van der Waals surface area contributed by atoms with E-state index >= 15 is 0 Å². The topological polar surface area (TPSA) is 56.0 Å². The Morgan fingerprint density at radius 1 is 1.25 bits per heavy atom. The molecular weight excluding hydrogens is 302 g/mol. The number of hydrogen-bond acceptors (Lipinski definition) is 4. The van der Waals surface area contributed by atoms with E-state index in [1.54, 1.807) is 23.0 Å². The first-order valence-electron chi connectivity index (χ1n) is 9.02. The molecule has 2 aliphatic rings. The molecule has 6 nitrogen and oxygen atoms in total. The van der Waals surface area contributed by atoms with Gasteiger partial charge in [-0.3, -0.25) is 14.4 Å². The van der Waals surface area contributed by atoms with Crippen LogP contribution >= 0.6 is 0 Å². The molecule has 6 heteroatoms. The van der Waals surface area contributed by atoms with E-state index < -0.39 is 0 Å². The van der Waals surface area contributed by atoms with Gasteiger partial charge >= 0.3 is 0 Å². The second-order valence-corrected chi connectivity index (χ2v) is 7.01. The minimum absolute atomic E-state index is 0.0118. The van der Waals surface area contributed by atoms with Gasteiger partial charge in [-0.1, -0.05) is 0 Å². The Kier molecular flexibility index (Phi) is 4.22. The standard InChI is InChI=1S/C18H25N5O/c1-21-17(15-7-2-3-8-16(15)20-21)13-22-11-5-6-14(22)12-23-18(24)9-4-10-19-23/h4,9-10,14H,2-3,5-8,11-13H2,1H3. The predicted octanol–water partition coefficient (Wildman–Crippen LogP) is 1.52. The zero-order valence-corrected chi connectivity index (χ0v) is 14.3. The van der Waals surface area contributed by atoms with Crippen molar-refractivity contribution in [2.45, 2.75) is 57.7 Å². The van der Waals surface area contributed by atoms with Gasteiger partial charge in [0.25, 0.3) is 5.56 Å². The fourth-order valence-electron chi connectivity index (χ4n) is 4.17. The Morgan fingerprint density at radius 3 is 3.00 bits per heavy atom. The second kappa shape index (κ2) is 6.51. The van der Waals surface area contributed by atoms with Crippen molar-refractivity contribution in [2.75, 3.05) is 6.54 Å². The number of aromatic nitrogens is 4. The summed E-state index contributed by atoms with van der Waals surface area (Å²) in [6, 6.07) is 3.67. The first kappa shape index (κ1) is 15.6. The van der Waals surface area contributed by atoms with Crippen molar-refractivity contribution < 1.29 is 0 Å². The van der Waals surface area contributed by atoms with Crippen molar-refractivity contribution in [1.82, 2.24) is 24.5 Å². The van der Waals surface area contributed by atoms with Crippen molar-refractivity contribution >= 4 is 0 Å². The smallest absolute Gasteiger partial charge is 0.266 e. The highest BCUT2D eigenvalue weighted by Crippen LogP contribution is 2.27. The molecule has 0 spiro atoms. The van der Waals surface area contributed by atoms with E-state index in [9.17, 15) is 4.79 Å². The maximum absolute atomic E-state index is 11.9. The van der Waals surface area contributed by atoms with E-state index in [4.69, 9.17) is 5.10 Å². The molecule has 4 rings (SSSR count). The lowest BCUT2D eigenvalue weighted by Crippen LogP contribution is -2.37. The van der Waals surface area contributed by atoms with Crippen LogP contribution in [-0.4, -0.2) is 37.0 Å². The molecule has 0 radical (unpaired) electrons. The number of aryl methyl sites for hydroxylation is 2. The van der Waals surface area contributed by atoms with Gasteiger partial charge in [0.2, 0.25) is 0 Å². The van der Waals surface area contributed by atoms with Crippen molar-refractivity contribution in [3.8, 4) is 0 Å². The van der Waals surface area contributed by atoms with E-state index in [-0.39, 0.29) is 5.56 Å². The average Bonchev–Trinajstić information content (AvgIpc) is 3.15. The Hall–Kier alpha value is -1.95. The second-order valence-electron chi connectivity index (χ2n) is 7.01. The van der Waals surface area contributed by atoms with Crippen LogP contribution in [0.15, 0.2) is 23.1 Å². The number of nitrogens with zero attached hydrogens (tertiary/aromatic N) is 5. The summed E-state index contributed by atoms with van der Waals surface area (Å²) >= 11 is 0. The fourth-order valence-corrected chi connectivity index (χ4v) is 4.17. The summed E-state index contributed by atoms with van der Waals surface area (Å²) in [5, 5.41) is 8.96. The van der Waals surface area contributed by atoms with Gasteiger partial charge in [0.15, 0.2) is 0 Å². The highest BCUT2D eigenvalue weighted by molar-refractivity contribution is 5.28. The molecule has 0 N–H and O–H groups in total. The van der Waals surface area contributed by atoms with Gasteiger partial charge in [-0.25, -0.2) is 4.68 Å². The highest BCUT2D eigenvalue weighted by Gasteiger charge is 2.28. The normalized spacial score (nSPS) is 21.1. The van der Waals surface area contributed by atoms with Crippen LogP contribution in [0.1, 0.15) is 42.6 Å². The molecule has 0 aromatic carbocycles. The van der Waals surface area contributed by atoms with E-state index in [1.807, 2.05) is 0 Å². The maximum Gasteiger partial charge on any atom is 0.266 e. The lowest BCUT2D eigenvalue weighted by atomic mass is 9.95. The Labute approximate surface area is 142 Å². The first-order chi connectivity index (χ1) is 11.7. The molecule has 0 bridgehead atoms. The maximum atomic E-state index is 11.9. The molecule has 0 amide bonds. The lowest BCUT2D eigenvalue weighted by Gasteiger charge is -2.25. The van der Waals surface area contributed by atoms with Crippen LogP contribution in [-0.2, 0) is 33.0 Å². The van der Waals surface area contributed by atoms with Gasteiger partial charge in [0.05, 0.1) is 17.9 Å². The number of hydrogen-bond donors (Lipinski definition) is 0. The third-order valence-electron chi connectivity index (χ3n) is 5.47. The molecule has 1 aliphatic carbocycles. The zero-order valence-electron chi connectivity index (χ0n) is 14.3. The third kappa shape index (κ3) is 2.90. The average molecular weight is 327 g/mol. The molecule has 1 saturated heterocycles. The van der Waals surface area contributed by atoms with Crippen LogP contribution in [0.3, 0.4) is 0 Å². The van der Waals surface area contributed by atoms with Gasteiger partial charge in [-0.05, 0) is 56.7 Å². The van der Waals surface area contributed by atoms with Crippen LogP contribution in [0, 0.1) is 0 Å². The number of fused-ring (bicyclic) bond motifs is 1. The molecule has 3 heterocycles. The molecule has 1 fully saturated rings. The third-order valence-corrected chi connectivity index (χ3v) is 5.47. The molecule has 128 valence electrons. The summed E-state index contributed by atoms with van der Waals surface area (Å²) in [6.07, 6.45) is 8.83. The summed E-state index contributed by atoms with van der Waals surface area (Å²) in [5.41, 5.74) is 4.13. The van der Waals surface area contributed by atoms with E-state index in [0.29, 0.717) is 12.6 Å². The Morgan fingerprint density at radius 2 is 2.12 bits per heavy atom. The molecule has 1 aliphatic heterocycles. The van der Waals surface area contributed by atoms with Gasteiger partial charge in [-0.2, -0.15) is 10.2 Å². The minimum Gasteiger partial charge on any atom is -0.293 e. The predicted molar refractivity (Wildman–Crippen MR) is 91.8 cm³/mol. The van der Waals surface area contributed by atoms with Crippen molar-refractivity contribution in [3.63, 3.8) is 0 Å². The summed E-state index contributed by atoms with van der Waals surface area (Å²) in [6.45, 7) is 2.71. The molecule has 1 unspecified atom stereocenters. The molecule has 24 heavy (non-hydrogen) atoms. The van der Waals surface area contributed by atoms with Gasteiger partial charge in [0.1, 0.15) is 0 Å². The number of likely N-dealkylation sites (tertiary alicyclic amines) is 1. The number of rotatable bonds is 4. The summed E-state index contributed by atoms with van der Waals surface area (Å²) in [4.78, 5) is 14.5. The largest absolute Gasteiger partial charge is 0.293 e. The van der Waals surface area contributed by atoms with Crippen LogP contribution in [0.4, 0.5) is 0 Å². The van der Waals surface area contributed by atoms with Crippen molar-refractivity contribution in [2.24, 2.45) is 7.05 Å². The van der Waals surface area contributed by atoms with Gasteiger partial charge in [0, 0.05) is 31.9 Å². The summed E-state index contributed by atoms with van der Waals surface area (Å²) in [7, 11) is 2.07. The summed E-state index contributed by atoms with van der Waals surface area (Å²) in [5.74, 6) is 0. The quantitative estimate of drug-likeness (QED) is 0.854. The van der Waals surface area contributed by atoms with Gasteiger partial charge in [-0.15, -0.1) is 0 Å². The molecule has 0 saturated carbocycles. The molecular formula is C18H25N5O. The van der Waals surface area contributed by atoms with E-state index in [1.165, 1.54) is 36.2 Å². The van der Waals surface area contributed by atoms with Crippen LogP contribution in [0.5, 0.6) is 0 Å². The Balaban J connectivity index is 1.53. The van der Waals surface area contributed by atoms with Gasteiger partial charge < -0.3 is 0 Å². The first-order valence-corrected chi connectivity index (χ1v) is 9.02. The van der Waals surface area contributed by atoms with Crippen molar-refractivity contribution in [3.05, 3.63) is 45.6 Å².